The van der Waals surface area contributed by atoms with E-state index in [-0.39, 0.29) is 0 Å². The molecule has 1 unspecified atom stereocenters. The van der Waals surface area contributed by atoms with Gasteiger partial charge in [0.15, 0.2) is 0 Å². The van der Waals surface area contributed by atoms with Crippen LogP contribution in [0.1, 0.15) is 39.0 Å². The van der Waals surface area contributed by atoms with E-state index in [4.69, 9.17) is 4.74 Å². The van der Waals surface area contributed by atoms with Crippen LogP contribution in [-0.4, -0.2) is 48.7 Å². The lowest BCUT2D eigenvalue weighted by atomic mass is 9.78. The maximum absolute atomic E-state index is 10.4. The summed E-state index contributed by atoms with van der Waals surface area (Å²) in [7, 11) is 1.57. The first kappa shape index (κ1) is 14.9. The van der Waals surface area contributed by atoms with Gasteiger partial charge in [0.1, 0.15) is 0 Å². The van der Waals surface area contributed by atoms with E-state index in [0.717, 1.165) is 31.6 Å². The van der Waals surface area contributed by atoms with Crippen LogP contribution in [0.15, 0.2) is 0 Å². The Hall–Kier alpha value is -0.160. The quantitative estimate of drug-likeness (QED) is 0.624. The number of nitrogens with one attached hydrogen (secondary N) is 1. The predicted molar refractivity (Wildman–Crippen MR) is 68.0 cm³/mol. The Bertz CT molecular complexity index is 203. The van der Waals surface area contributed by atoms with E-state index >= 15 is 0 Å². The second-order valence-electron chi connectivity index (χ2n) is 5.32. The van der Waals surface area contributed by atoms with E-state index in [9.17, 15) is 10.2 Å². The van der Waals surface area contributed by atoms with Crippen LogP contribution in [0.2, 0.25) is 0 Å². The van der Waals surface area contributed by atoms with Gasteiger partial charge in [-0.3, -0.25) is 0 Å². The summed E-state index contributed by atoms with van der Waals surface area (Å²) in [5.74, 6) is 0.786. The molecule has 0 aliphatic heterocycles. The molecule has 1 saturated carbocycles. The summed E-state index contributed by atoms with van der Waals surface area (Å²) in [6, 6.07) is 0. The van der Waals surface area contributed by atoms with E-state index in [1.54, 1.807) is 7.11 Å². The summed E-state index contributed by atoms with van der Waals surface area (Å²) in [6.07, 6.45) is 4.72. The lowest BCUT2D eigenvalue weighted by Gasteiger charge is -2.36. The molecule has 1 fully saturated rings. The Morgan fingerprint density at radius 2 is 2.06 bits per heavy atom. The molecule has 1 atom stereocenters. The van der Waals surface area contributed by atoms with E-state index in [1.807, 2.05) is 0 Å². The van der Waals surface area contributed by atoms with Crippen molar-refractivity contribution < 1.29 is 14.9 Å². The molecule has 0 aromatic rings. The fourth-order valence-corrected chi connectivity index (χ4v) is 2.52. The number of hydrogen-bond acceptors (Lipinski definition) is 4. The highest BCUT2D eigenvalue weighted by Crippen LogP contribution is 2.33. The molecule has 102 valence electrons. The smallest absolute Gasteiger partial charge is 0.0897 e. The van der Waals surface area contributed by atoms with Crippen molar-refractivity contribution in [1.82, 2.24) is 5.32 Å². The fraction of sp³-hybridized carbons (Fsp3) is 1.00. The van der Waals surface area contributed by atoms with Gasteiger partial charge >= 0.3 is 0 Å². The fourth-order valence-electron chi connectivity index (χ4n) is 2.52. The molecule has 1 rings (SSSR count). The van der Waals surface area contributed by atoms with Crippen molar-refractivity contribution in [2.75, 3.05) is 26.8 Å². The van der Waals surface area contributed by atoms with Crippen molar-refractivity contribution in [3.63, 3.8) is 0 Å². The maximum Gasteiger partial charge on any atom is 0.0897 e. The average Bonchev–Trinajstić information content (AvgIpc) is 2.30. The Morgan fingerprint density at radius 1 is 1.41 bits per heavy atom. The van der Waals surface area contributed by atoms with Crippen LogP contribution < -0.4 is 5.32 Å². The second-order valence-corrected chi connectivity index (χ2v) is 5.32. The number of methoxy groups -OCH3 is 1. The van der Waals surface area contributed by atoms with Crippen molar-refractivity contribution in [2.45, 2.75) is 50.7 Å². The second kappa shape index (κ2) is 7.31. The number of aliphatic hydroxyl groups excluding tert-OH is 1. The number of rotatable bonds is 7. The minimum Gasteiger partial charge on any atom is -0.389 e. The number of hydrogen-bond donors (Lipinski definition) is 3. The summed E-state index contributed by atoms with van der Waals surface area (Å²) in [6.45, 7) is 3.61. The summed E-state index contributed by atoms with van der Waals surface area (Å²) in [5.41, 5.74) is -0.571. The summed E-state index contributed by atoms with van der Waals surface area (Å²) < 4.78 is 4.85. The topological polar surface area (TPSA) is 61.7 Å². The van der Waals surface area contributed by atoms with Gasteiger partial charge in [-0.15, -0.1) is 0 Å². The van der Waals surface area contributed by atoms with E-state index < -0.39 is 11.7 Å². The normalized spacial score (nSPS) is 31.4. The molecule has 1 aliphatic carbocycles. The lowest BCUT2D eigenvalue weighted by molar-refractivity contribution is -0.0125. The highest BCUT2D eigenvalue weighted by molar-refractivity contribution is 4.87. The molecule has 1 aliphatic rings. The molecule has 0 bridgehead atoms. The van der Waals surface area contributed by atoms with Gasteiger partial charge in [0.2, 0.25) is 0 Å². The molecule has 0 spiro atoms. The lowest BCUT2D eigenvalue weighted by Crippen LogP contribution is -2.45. The largest absolute Gasteiger partial charge is 0.389 e. The maximum atomic E-state index is 10.4. The molecule has 4 nitrogen and oxygen atoms in total. The molecule has 0 aromatic heterocycles. The average molecular weight is 245 g/mol. The Morgan fingerprint density at radius 3 is 2.59 bits per heavy atom. The third-order valence-corrected chi connectivity index (χ3v) is 3.81. The SMILES string of the molecule is CCC1CCC(O)(CNCC(O)COC)CC1. The Balaban J connectivity index is 2.18. The molecule has 0 saturated heterocycles. The number of ether oxygens (including phenoxy) is 1. The monoisotopic (exact) mass is 245 g/mol. The van der Waals surface area contributed by atoms with Crippen LogP contribution in [0.25, 0.3) is 0 Å². The highest BCUT2D eigenvalue weighted by Gasteiger charge is 2.32. The van der Waals surface area contributed by atoms with E-state index in [2.05, 4.69) is 12.2 Å². The molecular weight excluding hydrogens is 218 g/mol. The van der Waals surface area contributed by atoms with Crippen LogP contribution in [0, 0.1) is 5.92 Å². The predicted octanol–water partition coefficient (Wildman–Crippen LogP) is 0.915. The van der Waals surface area contributed by atoms with E-state index in [1.165, 1.54) is 6.42 Å². The minimum atomic E-state index is -0.571. The zero-order chi connectivity index (χ0) is 12.7. The molecule has 3 N–H and O–H groups in total. The van der Waals surface area contributed by atoms with Gasteiger partial charge in [-0.2, -0.15) is 0 Å². The summed E-state index contributed by atoms with van der Waals surface area (Å²) in [5, 5.41) is 23.0. The van der Waals surface area contributed by atoms with Gasteiger partial charge in [0, 0.05) is 20.2 Å². The Kier molecular flexibility index (Phi) is 6.41. The van der Waals surface area contributed by atoms with Crippen molar-refractivity contribution >= 4 is 0 Å². The molecular formula is C13H27NO3. The zero-order valence-corrected chi connectivity index (χ0v) is 11.1. The zero-order valence-electron chi connectivity index (χ0n) is 11.1. The molecule has 4 heteroatoms. The van der Waals surface area contributed by atoms with Crippen LogP contribution in [0.5, 0.6) is 0 Å². The van der Waals surface area contributed by atoms with Crippen molar-refractivity contribution in [3.8, 4) is 0 Å². The van der Waals surface area contributed by atoms with Gasteiger partial charge < -0.3 is 20.3 Å². The third kappa shape index (κ3) is 5.34. The van der Waals surface area contributed by atoms with Crippen LogP contribution >= 0.6 is 0 Å². The molecule has 17 heavy (non-hydrogen) atoms. The van der Waals surface area contributed by atoms with Crippen LogP contribution in [0.3, 0.4) is 0 Å². The van der Waals surface area contributed by atoms with Crippen molar-refractivity contribution in [2.24, 2.45) is 5.92 Å². The first-order valence-corrected chi connectivity index (χ1v) is 6.69. The summed E-state index contributed by atoms with van der Waals surface area (Å²) >= 11 is 0. The Labute approximate surface area is 104 Å². The third-order valence-electron chi connectivity index (χ3n) is 3.81. The summed E-state index contributed by atoms with van der Waals surface area (Å²) in [4.78, 5) is 0. The van der Waals surface area contributed by atoms with Gasteiger partial charge in [0.25, 0.3) is 0 Å². The van der Waals surface area contributed by atoms with Gasteiger partial charge in [-0.05, 0) is 31.6 Å². The van der Waals surface area contributed by atoms with Crippen LogP contribution in [-0.2, 0) is 4.74 Å². The van der Waals surface area contributed by atoms with E-state index in [0.29, 0.717) is 19.7 Å². The molecule has 0 amide bonds. The van der Waals surface area contributed by atoms with Gasteiger partial charge in [0.05, 0.1) is 18.3 Å². The first-order valence-electron chi connectivity index (χ1n) is 6.69. The molecule has 0 heterocycles. The van der Waals surface area contributed by atoms with Gasteiger partial charge in [-0.25, -0.2) is 0 Å². The standard InChI is InChI=1S/C13H27NO3/c1-3-11-4-6-13(16,7-5-11)10-14-8-12(15)9-17-2/h11-12,14-16H,3-10H2,1-2H3. The van der Waals surface area contributed by atoms with Gasteiger partial charge in [-0.1, -0.05) is 13.3 Å². The first-order chi connectivity index (χ1) is 8.09. The minimum absolute atomic E-state index is 0.337. The van der Waals surface area contributed by atoms with Crippen LogP contribution in [0.4, 0.5) is 0 Å². The van der Waals surface area contributed by atoms with Crippen molar-refractivity contribution in [1.29, 1.82) is 0 Å². The molecule has 0 radical (unpaired) electrons. The molecule has 0 aromatic carbocycles. The number of aliphatic hydroxyl groups is 2. The van der Waals surface area contributed by atoms with Crippen molar-refractivity contribution in [3.05, 3.63) is 0 Å². The highest BCUT2D eigenvalue weighted by atomic mass is 16.5.